The van der Waals surface area contributed by atoms with E-state index in [9.17, 15) is 8.42 Å². The highest BCUT2D eigenvalue weighted by molar-refractivity contribution is 7.92. The summed E-state index contributed by atoms with van der Waals surface area (Å²) >= 11 is 0. The van der Waals surface area contributed by atoms with Gasteiger partial charge in [-0.15, -0.1) is 0 Å². The van der Waals surface area contributed by atoms with Crippen LogP contribution in [0.25, 0.3) is 0 Å². The molecule has 0 spiro atoms. The molecule has 0 aliphatic carbocycles. The number of hydrogen-bond acceptors (Lipinski definition) is 6. The smallest absolute Gasteiger partial charge is 0.261 e. The van der Waals surface area contributed by atoms with E-state index in [1.165, 1.54) is 0 Å². The Bertz CT molecular complexity index is 1110. The maximum atomic E-state index is 12.6. The maximum absolute atomic E-state index is 12.6. The number of benzene rings is 2. The van der Waals surface area contributed by atoms with Gasteiger partial charge in [-0.1, -0.05) is 6.07 Å². The van der Waals surface area contributed by atoms with Crippen molar-refractivity contribution in [2.75, 3.05) is 21.9 Å². The van der Waals surface area contributed by atoms with Crippen molar-refractivity contribution in [3.63, 3.8) is 0 Å². The molecule has 0 aliphatic heterocycles. The molecule has 0 radical (unpaired) electrons. The van der Waals surface area contributed by atoms with E-state index in [1.54, 1.807) is 42.5 Å². The molecule has 0 fully saturated rings. The zero-order valence-electron chi connectivity index (χ0n) is 16.9. The summed E-state index contributed by atoms with van der Waals surface area (Å²) in [6.07, 6.45) is 0. The topological polar surface area (TPSA) is 96.0 Å². The molecule has 0 amide bonds. The van der Waals surface area contributed by atoms with E-state index in [0.717, 1.165) is 34.9 Å². The van der Waals surface area contributed by atoms with Gasteiger partial charge >= 0.3 is 0 Å². The first-order chi connectivity index (χ1) is 13.8. The predicted molar refractivity (Wildman–Crippen MR) is 117 cm³/mol. The van der Waals surface area contributed by atoms with E-state index in [4.69, 9.17) is 0 Å². The maximum Gasteiger partial charge on any atom is 0.261 e. The molecule has 0 bridgehead atoms. The van der Waals surface area contributed by atoms with Crippen molar-refractivity contribution < 1.29 is 8.42 Å². The van der Waals surface area contributed by atoms with Gasteiger partial charge in [-0.25, -0.2) is 13.4 Å². The Hall–Kier alpha value is -3.13. The summed E-state index contributed by atoms with van der Waals surface area (Å²) in [4.78, 5) is 9.03. The minimum atomic E-state index is -3.65. The Morgan fingerprint density at radius 3 is 2.21 bits per heavy atom. The van der Waals surface area contributed by atoms with Gasteiger partial charge in [0, 0.05) is 29.7 Å². The highest BCUT2D eigenvalue weighted by Gasteiger charge is 2.15. The average molecular weight is 412 g/mol. The van der Waals surface area contributed by atoms with Gasteiger partial charge in [0.15, 0.2) is 0 Å². The number of rotatable bonds is 7. The van der Waals surface area contributed by atoms with Gasteiger partial charge in [-0.2, -0.15) is 4.98 Å². The van der Waals surface area contributed by atoms with E-state index in [0.29, 0.717) is 11.6 Å². The van der Waals surface area contributed by atoms with Crippen LogP contribution in [0.5, 0.6) is 0 Å². The zero-order valence-corrected chi connectivity index (χ0v) is 17.8. The fourth-order valence-corrected chi connectivity index (χ4v) is 3.89. The van der Waals surface area contributed by atoms with Crippen molar-refractivity contribution in [1.82, 2.24) is 9.97 Å². The van der Waals surface area contributed by atoms with Crippen LogP contribution in [0.2, 0.25) is 0 Å². The molecule has 1 aromatic heterocycles. The van der Waals surface area contributed by atoms with Crippen LogP contribution in [0.4, 0.5) is 23.1 Å². The van der Waals surface area contributed by atoms with Crippen molar-refractivity contribution in [3.8, 4) is 0 Å². The lowest BCUT2D eigenvalue weighted by molar-refractivity contribution is 0.601. The highest BCUT2D eigenvalue weighted by Crippen LogP contribution is 2.22. The fourth-order valence-electron chi connectivity index (χ4n) is 2.74. The summed E-state index contributed by atoms with van der Waals surface area (Å²) in [6, 6.07) is 13.9. The fraction of sp³-hybridized carbons (Fsp3) is 0.238. The third-order valence-corrected chi connectivity index (χ3v) is 5.77. The molecule has 0 unspecified atom stereocenters. The molecule has 3 N–H and O–H groups in total. The molecule has 1 heterocycles. The number of nitrogens with zero attached hydrogens (tertiary/aromatic N) is 2. The lowest BCUT2D eigenvalue weighted by atomic mass is 10.1. The summed E-state index contributed by atoms with van der Waals surface area (Å²) in [6.45, 7) is 8.51. The van der Waals surface area contributed by atoms with E-state index in [1.807, 2.05) is 33.8 Å². The van der Waals surface area contributed by atoms with Gasteiger partial charge in [0.2, 0.25) is 5.95 Å². The van der Waals surface area contributed by atoms with Crippen LogP contribution in [-0.2, 0) is 10.0 Å². The molecule has 7 nitrogen and oxygen atoms in total. The van der Waals surface area contributed by atoms with Crippen LogP contribution >= 0.6 is 0 Å². The second-order valence-corrected chi connectivity index (χ2v) is 8.48. The van der Waals surface area contributed by atoms with E-state index >= 15 is 0 Å². The molecule has 152 valence electrons. The lowest BCUT2D eigenvalue weighted by Crippen LogP contribution is -2.13. The van der Waals surface area contributed by atoms with Gasteiger partial charge in [0.1, 0.15) is 5.82 Å². The number of aromatic nitrogens is 2. The Morgan fingerprint density at radius 1 is 0.862 bits per heavy atom. The average Bonchev–Trinajstić information content (AvgIpc) is 2.65. The summed E-state index contributed by atoms with van der Waals surface area (Å²) in [7, 11) is -3.65. The van der Waals surface area contributed by atoms with Crippen LogP contribution in [0, 0.1) is 20.8 Å². The third kappa shape index (κ3) is 5.23. The quantitative estimate of drug-likeness (QED) is 0.534. The van der Waals surface area contributed by atoms with Gasteiger partial charge in [0.05, 0.1) is 4.90 Å². The first-order valence-corrected chi connectivity index (χ1v) is 10.8. The minimum Gasteiger partial charge on any atom is -0.370 e. The number of sulfonamides is 1. The summed E-state index contributed by atoms with van der Waals surface area (Å²) in [5, 5.41) is 6.30. The molecule has 29 heavy (non-hydrogen) atoms. The molecule has 3 rings (SSSR count). The van der Waals surface area contributed by atoms with Crippen molar-refractivity contribution in [2.24, 2.45) is 0 Å². The first kappa shape index (κ1) is 20.6. The number of hydrogen-bond donors (Lipinski definition) is 3. The second-order valence-electron chi connectivity index (χ2n) is 6.80. The van der Waals surface area contributed by atoms with E-state index < -0.39 is 10.0 Å². The summed E-state index contributed by atoms with van der Waals surface area (Å²) in [5.74, 6) is 1.23. The Balaban J connectivity index is 1.74. The summed E-state index contributed by atoms with van der Waals surface area (Å²) in [5.41, 5.74) is 4.06. The monoisotopic (exact) mass is 411 g/mol. The number of aryl methyl sites for hydroxylation is 3. The van der Waals surface area contributed by atoms with Crippen LogP contribution in [0.3, 0.4) is 0 Å². The van der Waals surface area contributed by atoms with Gasteiger partial charge in [-0.05, 0) is 75.2 Å². The Morgan fingerprint density at radius 2 is 1.55 bits per heavy atom. The number of nitrogens with one attached hydrogen (secondary N) is 3. The van der Waals surface area contributed by atoms with Crippen LogP contribution < -0.4 is 15.4 Å². The molecular formula is C21H25N5O2S. The van der Waals surface area contributed by atoms with Gasteiger partial charge in [0.25, 0.3) is 10.0 Å². The standard InChI is InChI=1S/C21H25N5O2S/c1-5-22-20-13-16(4)23-21(25-20)24-17-7-9-18(10-8-17)26-29(27,28)19-11-6-14(2)15(3)12-19/h6-13,26H,5H2,1-4H3,(H2,22,23,24,25). The van der Waals surface area contributed by atoms with E-state index in [-0.39, 0.29) is 4.90 Å². The zero-order chi connectivity index (χ0) is 21.0. The van der Waals surface area contributed by atoms with E-state index in [2.05, 4.69) is 25.3 Å². The molecular weight excluding hydrogens is 386 g/mol. The highest BCUT2D eigenvalue weighted by atomic mass is 32.2. The molecule has 0 saturated carbocycles. The van der Waals surface area contributed by atoms with Crippen LogP contribution in [0.15, 0.2) is 53.4 Å². The van der Waals surface area contributed by atoms with Gasteiger partial charge < -0.3 is 10.6 Å². The molecule has 0 saturated heterocycles. The van der Waals surface area contributed by atoms with Crippen molar-refractivity contribution in [3.05, 3.63) is 65.4 Å². The van der Waals surface area contributed by atoms with Crippen molar-refractivity contribution in [1.29, 1.82) is 0 Å². The van der Waals surface area contributed by atoms with Crippen molar-refractivity contribution >= 4 is 33.2 Å². The third-order valence-electron chi connectivity index (χ3n) is 4.39. The normalized spacial score (nSPS) is 11.2. The minimum absolute atomic E-state index is 0.243. The van der Waals surface area contributed by atoms with Gasteiger partial charge in [-0.3, -0.25) is 4.72 Å². The van der Waals surface area contributed by atoms with Crippen molar-refractivity contribution in [2.45, 2.75) is 32.6 Å². The Kier molecular flexibility index (Phi) is 6.03. The first-order valence-electron chi connectivity index (χ1n) is 9.33. The largest absolute Gasteiger partial charge is 0.370 e. The molecule has 8 heteroatoms. The predicted octanol–water partition coefficient (Wildman–Crippen LogP) is 4.38. The molecule has 3 aromatic rings. The summed E-state index contributed by atoms with van der Waals surface area (Å²) < 4.78 is 27.9. The number of anilines is 4. The molecule has 0 atom stereocenters. The molecule has 2 aromatic carbocycles. The van der Waals surface area contributed by atoms with Crippen LogP contribution in [0.1, 0.15) is 23.7 Å². The lowest BCUT2D eigenvalue weighted by Gasteiger charge is -2.11. The molecule has 0 aliphatic rings. The SMILES string of the molecule is CCNc1cc(C)nc(Nc2ccc(NS(=O)(=O)c3ccc(C)c(C)c3)cc2)n1. The second kappa shape index (κ2) is 8.48. The Labute approximate surface area is 171 Å². The van der Waals surface area contributed by atoms with Crippen LogP contribution in [-0.4, -0.2) is 24.9 Å².